The van der Waals surface area contributed by atoms with Crippen LogP contribution in [-0.4, -0.2) is 23.7 Å². The molecule has 0 radical (unpaired) electrons. The molecule has 0 unspecified atom stereocenters. The Balaban J connectivity index is 3.44. The third-order valence-corrected chi connectivity index (χ3v) is 1.36. The fourth-order valence-electron chi connectivity index (χ4n) is 0.526. The van der Waals surface area contributed by atoms with Crippen LogP contribution < -0.4 is 0 Å². The van der Waals surface area contributed by atoms with Gasteiger partial charge < -0.3 is 4.74 Å². The Bertz CT molecular complexity index is 187. The van der Waals surface area contributed by atoms with Crippen LogP contribution in [0.2, 0.25) is 0 Å². The molecule has 0 spiro atoms. The second kappa shape index (κ2) is 7.03. The van der Waals surface area contributed by atoms with Gasteiger partial charge in [0.15, 0.2) is 0 Å². The Hall–Kier alpha value is -0.640. The summed E-state index contributed by atoms with van der Waals surface area (Å²) in [6, 6.07) is 0. The number of carbonyl (C=O) groups is 2. The Morgan fingerprint density at radius 1 is 1.42 bits per heavy atom. The summed E-state index contributed by atoms with van der Waals surface area (Å²) < 4.78 is 4.69. The minimum atomic E-state index is -0.471. The summed E-state index contributed by atoms with van der Waals surface area (Å²) in [4.78, 5) is 21.1. The molecule has 0 N–H and O–H groups in total. The van der Waals surface area contributed by atoms with E-state index in [0.29, 0.717) is 0 Å². The Morgan fingerprint density at radius 3 is 2.58 bits per heavy atom. The van der Waals surface area contributed by atoms with Gasteiger partial charge in [-0.25, -0.2) is 0 Å². The van der Waals surface area contributed by atoms with Crippen molar-refractivity contribution in [1.29, 1.82) is 0 Å². The average molecular weight is 235 g/mol. The summed E-state index contributed by atoms with van der Waals surface area (Å²) in [5, 5.41) is 0.733. The third kappa shape index (κ3) is 7.47. The molecule has 0 bridgehead atoms. The zero-order chi connectivity index (χ0) is 9.40. The largest absolute Gasteiger partial charge is 0.461 e. The fraction of sp³-hybridized carbons (Fsp3) is 0.500. The number of carbonyl (C=O) groups excluding carboxylic acids is 2. The molecule has 0 aromatic carbocycles. The molecule has 0 heterocycles. The van der Waals surface area contributed by atoms with E-state index in [1.54, 1.807) is 6.08 Å². The second-order valence-corrected chi connectivity index (χ2v) is 2.83. The van der Waals surface area contributed by atoms with E-state index < -0.39 is 5.97 Å². The first-order valence-electron chi connectivity index (χ1n) is 3.53. The van der Waals surface area contributed by atoms with Crippen LogP contribution in [-0.2, 0) is 14.3 Å². The first kappa shape index (κ1) is 11.4. The molecular weight excluding hydrogens is 224 g/mol. The van der Waals surface area contributed by atoms with Crippen molar-refractivity contribution in [3.8, 4) is 0 Å². The number of hydrogen-bond donors (Lipinski definition) is 0. The monoisotopic (exact) mass is 234 g/mol. The first-order chi connectivity index (χ1) is 5.66. The Morgan fingerprint density at radius 2 is 2.08 bits per heavy atom. The van der Waals surface area contributed by atoms with Gasteiger partial charge >= 0.3 is 5.97 Å². The average Bonchev–Trinajstić information content (AvgIpc) is 1.97. The van der Waals surface area contributed by atoms with Crippen molar-refractivity contribution in [2.24, 2.45) is 0 Å². The van der Waals surface area contributed by atoms with Crippen LogP contribution in [0.4, 0.5) is 0 Å². The number of halogens is 1. The van der Waals surface area contributed by atoms with Crippen molar-refractivity contribution < 1.29 is 14.3 Å². The summed E-state index contributed by atoms with van der Waals surface area (Å²) in [5.41, 5.74) is 0. The SMILES string of the molecule is CC(=O)CC(=O)OCC=CCBr. The van der Waals surface area contributed by atoms with E-state index in [1.807, 2.05) is 6.08 Å². The van der Waals surface area contributed by atoms with Crippen LogP contribution in [0.5, 0.6) is 0 Å². The second-order valence-electron chi connectivity index (χ2n) is 2.19. The highest BCUT2D eigenvalue weighted by Gasteiger charge is 2.03. The lowest BCUT2D eigenvalue weighted by atomic mass is 10.3. The molecule has 0 aromatic heterocycles. The first-order valence-corrected chi connectivity index (χ1v) is 4.65. The van der Waals surface area contributed by atoms with Gasteiger partial charge in [0.1, 0.15) is 18.8 Å². The molecule has 4 heteroatoms. The van der Waals surface area contributed by atoms with Gasteiger partial charge in [-0.3, -0.25) is 9.59 Å². The van der Waals surface area contributed by atoms with Gasteiger partial charge in [-0.15, -0.1) is 0 Å². The van der Waals surface area contributed by atoms with Crippen LogP contribution in [0.15, 0.2) is 12.2 Å². The van der Waals surface area contributed by atoms with Crippen molar-refractivity contribution in [3.05, 3.63) is 12.2 Å². The molecule has 3 nitrogen and oxygen atoms in total. The number of Topliss-reactive ketones (excluding diaryl/α,β-unsaturated/α-hetero) is 1. The molecule has 12 heavy (non-hydrogen) atoms. The van der Waals surface area contributed by atoms with E-state index in [9.17, 15) is 9.59 Å². The highest BCUT2D eigenvalue weighted by Crippen LogP contribution is 1.89. The molecule has 0 aliphatic carbocycles. The summed E-state index contributed by atoms with van der Waals surface area (Å²) in [6.45, 7) is 1.59. The highest BCUT2D eigenvalue weighted by molar-refractivity contribution is 9.09. The van der Waals surface area contributed by atoms with Gasteiger partial charge in [0, 0.05) is 5.33 Å². The molecule has 0 amide bonds. The van der Waals surface area contributed by atoms with E-state index in [4.69, 9.17) is 0 Å². The zero-order valence-corrected chi connectivity index (χ0v) is 8.46. The summed E-state index contributed by atoms with van der Waals surface area (Å²) in [7, 11) is 0. The fourth-order valence-corrected chi connectivity index (χ4v) is 0.791. The summed E-state index contributed by atoms with van der Waals surface area (Å²) in [5.74, 6) is -0.647. The lowest BCUT2D eigenvalue weighted by Crippen LogP contribution is -2.08. The maximum atomic E-state index is 10.7. The molecule has 0 rings (SSSR count). The minimum Gasteiger partial charge on any atom is -0.461 e. The molecule has 0 aliphatic rings. The lowest BCUT2D eigenvalue weighted by Gasteiger charge is -1.97. The molecule has 0 aromatic rings. The van der Waals surface area contributed by atoms with Gasteiger partial charge in [-0.2, -0.15) is 0 Å². The number of ketones is 1. The molecule has 0 saturated carbocycles. The van der Waals surface area contributed by atoms with Gasteiger partial charge in [0.05, 0.1) is 0 Å². The number of rotatable bonds is 5. The van der Waals surface area contributed by atoms with Gasteiger partial charge in [0.2, 0.25) is 0 Å². The summed E-state index contributed by atoms with van der Waals surface area (Å²) in [6.07, 6.45) is 3.40. The molecule has 0 aliphatic heterocycles. The van der Waals surface area contributed by atoms with Crippen molar-refractivity contribution in [3.63, 3.8) is 0 Å². The van der Waals surface area contributed by atoms with E-state index in [2.05, 4.69) is 20.7 Å². The smallest absolute Gasteiger partial charge is 0.313 e. The van der Waals surface area contributed by atoms with Gasteiger partial charge in [-0.05, 0) is 6.92 Å². The summed E-state index contributed by atoms with van der Waals surface area (Å²) >= 11 is 3.18. The Kier molecular flexibility index (Phi) is 6.66. The molecule has 68 valence electrons. The van der Waals surface area contributed by atoms with E-state index in [0.717, 1.165) is 5.33 Å². The minimum absolute atomic E-state index is 0.137. The van der Waals surface area contributed by atoms with Crippen LogP contribution >= 0.6 is 15.9 Å². The van der Waals surface area contributed by atoms with Crippen LogP contribution in [0.1, 0.15) is 13.3 Å². The maximum Gasteiger partial charge on any atom is 0.313 e. The molecule has 0 saturated heterocycles. The number of hydrogen-bond acceptors (Lipinski definition) is 3. The normalized spacial score (nSPS) is 10.2. The molecular formula is C8H11BrO3. The number of esters is 1. The third-order valence-electron chi connectivity index (χ3n) is 0.990. The van der Waals surface area contributed by atoms with Crippen molar-refractivity contribution in [1.82, 2.24) is 0 Å². The zero-order valence-electron chi connectivity index (χ0n) is 6.88. The van der Waals surface area contributed by atoms with Crippen LogP contribution in [0.25, 0.3) is 0 Å². The van der Waals surface area contributed by atoms with Gasteiger partial charge in [-0.1, -0.05) is 28.1 Å². The molecule has 0 fully saturated rings. The van der Waals surface area contributed by atoms with Crippen LogP contribution in [0, 0.1) is 0 Å². The van der Waals surface area contributed by atoms with Crippen molar-refractivity contribution in [2.45, 2.75) is 13.3 Å². The van der Waals surface area contributed by atoms with Crippen molar-refractivity contribution in [2.75, 3.05) is 11.9 Å². The lowest BCUT2D eigenvalue weighted by molar-refractivity contribution is -0.144. The number of alkyl halides is 1. The van der Waals surface area contributed by atoms with Gasteiger partial charge in [0.25, 0.3) is 0 Å². The standard InChI is InChI=1S/C8H11BrO3/c1-7(10)6-8(11)12-5-3-2-4-9/h2-3H,4-6H2,1H3. The van der Waals surface area contributed by atoms with E-state index in [-0.39, 0.29) is 18.8 Å². The Labute approximate surface area is 79.9 Å². The van der Waals surface area contributed by atoms with Crippen LogP contribution in [0.3, 0.4) is 0 Å². The predicted octanol–water partition coefficient (Wildman–Crippen LogP) is 1.46. The van der Waals surface area contributed by atoms with E-state index >= 15 is 0 Å². The highest BCUT2D eigenvalue weighted by atomic mass is 79.9. The number of ether oxygens (including phenoxy) is 1. The van der Waals surface area contributed by atoms with Crippen molar-refractivity contribution >= 4 is 27.7 Å². The predicted molar refractivity (Wildman–Crippen MR) is 49.2 cm³/mol. The quantitative estimate of drug-likeness (QED) is 0.313. The van der Waals surface area contributed by atoms with E-state index in [1.165, 1.54) is 6.92 Å². The topological polar surface area (TPSA) is 43.4 Å². The number of allylic oxidation sites excluding steroid dienone is 1. The maximum absolute atomic E-state index is 10.7. The molecule has 0 atom stereocenters.